The first-order chi connectivity index (χ1) is 15.1. The normalized spacial score (nSPS) is 12.7. The minimum atomic E-state index is -4.04. The highest BCUT2D eigenvalue weighted by Crippen LogP contribution is 2.21. The van der Waals surface area contributed by atoms with Gasteiger partial charge < -0.3 is 4.74 Å². The lowest BCUT2D eigenvalue weighted by molar-refractivity contribution is -0.142. The van der Waals surface area contributed by atoms with Gasteiger partial charge in [-0.25, -0.2) is 17.9 Å². The number of hydrogen-bond donors (Lipinski definition) is 1. The molecule has 1 aromatic heterocycles. The van der Waals surface area contributed by atoms with E-state index in [1.165, 1.54) is 23.9 Å². The predicted octanol–water partition coefficient (Wildman–Crippen LogP) is 2.80. The van der Waals surface area contributed by atoms with Crippen LogP contribution in [-0.2, 0) is 26.6 Å². The first-order valence-electron chi connectivity index (χ1n) is 10.1. The van der Waals surface area contributed by atoms with Gasteiger partial charge in [-0.2, -0.15) is 4.72 Å². The zero-order valence-electron chi connectivity index (χ0n) is 18.7. The van der Waals surface area contributed by atoms with Crippen LogP contribution >= 0.6 is 0 Å². The molecule has 0 saturated carbocycles. The van der Waals surface area contributed by atoms with Crippen LogP contribution in [0.1, 0.15) is 42.6 Å². The van der Waals surface area contributed by atoms with Gasteiger partial charge in [0.05, 0.1) is 17.7 Å². The van der Waals surface area contributed by atoms with Crippen molar-refractivity contribution in [2.45, 2.75) is 37.6 Å². The molecule has 1 N–H and O–H groups in total. The molecule has 0 saturated heterocycles. The van der Waals surface area contributed by atoms with E-state index in [0.29, 0.717) is 11.3 Å². The summed E-state index contributed by atoms with van der Waals surface area (Å²) in [5.74, 6) is -0.657. The molecule has 0 aliphatic heterocycles. The minimum absolute atomic E-state index is 0.0332. The molecule has 2 aromatic carbocycles. The molecule has 0 bridgehead atoms. The van der Waals surface area contributed by atoms with E-state index in [1.807, 2.05) is 20.8 Å². The third kappa shape index (κ3) is 4.39. The minimum Gasteiger partial charge on any atom is -0.468 e. The summed E-state index contributed by atoms with van der Waals surface area (Å²) in [6.45, 7) is 5.80. The second-order valence-corrected chi connectivity index (χ2v) is 9.49. The number of sulfonamides is 1. The first kappa shape index (κ1) is 23.5. The molecule has 0 aliphatic rings. The number of nitrogens with one attached hydrogen (secondary N) is 1. The van der Waals surface area contributed by atoms with Crippen molar-refractivity contribution < 1.29 is 17.9 Å². The molecule has 8 nitrogen and oxygen atoms in total. The van der Waals surface area contributed by atoms with Gasteiger partial charge in [0.2, 0.25) is 10.0 Å². The predicted molar refractivity (Wildman–Crippen MR) is 121 cm³/mol. The summed E-state index contributed by atoms with van der Waals surface area (Å²) >= 11 is 0. The Kier molecular flexibility index (Phi) is 6.71. The zero-order chi connectivity index (χ0) is 23.6. The van der Waals surface area contributed by atoms with Crippen molar-refractivity contribution in [2.24, 2.45) is 7.05 Å². The smallest absolute Gasteiger partial charge is 0.328 e. The summed E-state index contributed by atoms with van der Waals surface area (Å²) in [6.07, 6.45) is 0. The van der Waals surface area contributed by atoms with E-state index in [-0.39, 0.29) is 16.4 Å². The van der Waals surface area contributed by atoms with E-state index in [0.717, 1.165) is 11.3 Å². The summed E-state index contributed by atoms with van der Waals surface area (Å²) in [5.41, 5.74) is 2.44. The topological polar surface area (TPSA) is 99.4 Å². The number of rotatable bonds is 7. The second-order valence-electron chi connectivity index (χ2n) is 7.78. The van der Waals surface area contributed by atoms with Gasteiger partial charge in [-0.05, 0) is 42.7 Å². The molecular weight excluding hydrogens is 430 g/mol. The number of methoxy groups -OCH3 is 1. The average Bonchev–Trinajstić information content (AvgIpc) is 3.00. The van der Waals surface area contributed by atoms with Gasteiger partial charge in [0.15, 0.2) is 0 Å². The fraction of sp³-hybridized carbons (Fsp3) is 0.304. The molecule has 170 valence electrons. The molecule has 0 spiro atoms. The Balaban J connectivity index is 1.96. The SMILES string of the molecule is COC(=O)[C@H](NS(=O)(=O)c1ccc(-n2c(=O)c(C(C)C)c(C)n2C)cc1)c1ccccc1. The van der Waals surface area contributed by atoms with Crippen molar-refractivity contribution in [3.8, 4) is 5.69 Å². The van der Waals surface area contributed by atoms with Crippen LogP contribution in [0.15, 0.2) is 64.3 Å². The Bertz CT molecular complexity index is 1270. The van der Waals surface area contributed by atoms with Crippen LogP contribution in [0.5, 0.6) is 0 Å². The van der Waals surface area contributed by atoms with Gasteiger partial charge >= 0.3 is 5.97 Å². The largest absolute Gasteiger partial charge is 0.468 e. The van der Waals surface area contributed by atoms with E-state index >= 15 is 0 Å². The highest BCUT2D eigenvalue weighted by molar-refractivity contribution is 7.89. The summed E-state index contributed by atoms with van der Waals surface area (Å²) in [6, 6.07) is 13.2. The van der Waals surface area contributed by atoms with Crippen LogP contribution in [0, 0.1) is 6.92 Å². The molecule has 0 amide bonds. The Morgan fingerprint density at radius 2 is 1.62 bits per heavy atom. The van der Waals surface area contributed by atoms with Gasteiger partial charge in [0.25, 0.3) is 5.56 Å². The molecule has 1 heterocycles. The van der Waals surface area contributed by atoms with Crippen molar-refractivity contribution in [3.63, 3.8) is 0 Å². The van der Waals surface area contributed by atoms with Gasteiger partial charge in [-0.1, -0.05) is 44.2 Å². The van der Waals surface area contributed by atoms with Gasteiger partial charge in [-0.15, -0.1) is 0 Å². The number of aromatic nitrogens is 2. The van der Waals surface area contributed by atoms with Crippen molar-refractivity contribution >= 4 is 16.0 Å². The van der Waals surface area contributed by atoms with Gasteiger partial charge in [0.1, 0.15) is 6.04 Å². The number of hydrogen-bond acceptors (Lipinski definition) is 5. The number of ether oxygens (including phenoxy) is 1. The fourth-order valence-electron chi connectivity index (χ4n) is 3.69. The van der Waals surface area contributed by atoms with Crippen LogP contribution in [-0.4, -0.2) is 30.9 Å². The lowest BCUT2D eigenvalue weighted by atomic mass is 10.0. The zero-order valence-corrected chi connectivity index (χ0v) is 19.5. The molecule has 0 aliphatic carbocycles. The Morgan fingerprint density at radius 3 is 2.12 bits per heavy atom. The molecule has 0 unspecified atom stereocenters. The van der Waals surface area contributed by atoms with E-state index in [2.05, 4.69) is 4.72 Å². The molecule has 0 radical (unpaired) electrons. The molecule has 32 heavy (non-hydrogen) atoms. The lowest BCUT2D eigenvalue weighted by Crippen LogP contribution is -2.34. The van der Waals surface area contributed by atoms with Gasteiger partial charge in [-0.3, -0.25) is 9.48 Å². The third-order valence-electron chi connectivity index (χ3n) is 5.41. The van der Waals surface area contributed by atoms with Crippen molar-refractivity contribution in [2.75, 3.05) is 7.11 Å². The van der Waals surface area contributed by atoms with Crippen LogP contribution in [0.2, 0.25) is 0 Å². The fourth-order valence-corrected chi connectivity index (χ4v) is 4.86. The summed E-state index contributed by atoms with van der Waals surface area (Å²) < 4.78 is 36.4. The Labute approximate surface area is 187 Å². The van der Waals surface area contributed by atoms with Crippen molar-refractivity contribution in [1.29, 1.82) is 0 Å². The standard InChI is InChI=1S/C23H27N3O5S/c1-15(2)20-16(3)25(4)26(22(20)27)18-11-13-19(14-12-18)32(29,30)24-21(23(28)31-5)17-9-7-6-8-10-17/h6-15,21,24H,1-5H3/t21-/m1/s1. The number of carbonyl (C=O) groups is 1. The molecule has 3 rings (SSSR count). The average molecular weight is 458 g/mol. The van der Waals surface area contributed by atoms with Crippen LogP contribution in [0.25, 0.3) is 5.69 Å². The molecule has 0 fully saturated rings. The summed E-state index contributed by atoms with van der Waals surface area (Å²) in [5, 5.41) is 0. The van der Waals surface area contributed by atoms with Crippen molar-refractivity contribution in [3.05, 3.63) is 81.8 Å². The molecule has 9 heteroatoms. The quantitative estimate of drug-likeness (QED) is 0.550. The maximum atomic E-state index is 13.0. The molecule has 3 aromatic rings. The number of carbonyl (C=O) groups excluding carboxylic acids is 1. The van der Waals surface area contributed by atoms with Crippen LogP contribution < -0.4 is 10.3 Å². The van der Waals surface area contributed by atoms with E-state index in [4.69, 9.17) is 4.74 Å². The first-order valence-corrected chi connectivity index (χ1v) is 11.6. The second kappa shape index (κ2) is 9.13. The van der Waals surface area contributed by atoms with E-state index in [9.17, 15) is 18.0 Å². The van der Waals surface area contributed by atoms with Crippen LogP contribution in [0.4, 0.5) is 0 Å². The highest BCUT2D eigenvalue weighted by atomic mass is 32.2. The Hall–Kier alpha value is -3.17. The van der Waals surface area contributed by atoms with E-state index in [1.54, 1.807) is 54.2 Å². The Morgan fingerprint density at radius 1 is 1.03 bits per heavy atom. The lowest BCUT2D eigenvalue weighted by Gasteiger charge is -2.17. The maximum absolute atomic E-state index is 13.0. The maximum Gasteiger partial charge on any atom is 0.328 e. The number of benzene rings is 2. The molecular formula is C23H27N3O5S. The number of nitrogens with zero attached hydrogens (tertiary/aromatic N) is 2. The summed E-state index contributed by atoms with van der Waals surface area (Å²) in [7, 11) is -1.06. The number of esters is 1. The van der Waals surface area contributed by atoms with Crippen molar-refractivity contribution in [1.82, 2.24) is 14.1 Å². The molecule has 1 atom stereocenters. The van der Waals surface area contributed by atoms with Gasteiger partial charge in [0, 0.05) is 18.3 Å². The van der Waals surface area contributed by atoms with Crippen LogP contribution in [0.3, 0.4) is 0 Å². The summed E-state index contributed by atoms with van der Waals surface area (Å²) in [4.78, 5) is 25.1. The van der Waals surface area contributed by atoms with E-state index < -0.39 is 22.0 Å². The third-order valence-corrected chi connectivity index (χ3v) is 6.85. The monoisotopic (exact) mass is 457 g/mol. The highest BCUT2D eigenvalue weighted by Gasteiger charge is 2.28.